The van der Waals surface area contributed by atoms with E-state index in [0.717, 1.165) is 0 Å². The normalized spacial score (nSPS) is 15.6. The van der Waals surface area contributed by atoms with Crippen molar-refractivity contribution in [1.29, 1.82) is 0 Å². The van der Waals surface area contributed by atoms with Gasteiger partial charge in [0.25, 0.3) is 5.91 Å². The lowest BCUT2D eigenvalue weighted by atomic mass is 10.0. The minimum absolute atomic E-state index is 0.00559. The van der Waals surface area contributed by atoms with Gasteiger partial charge in [0, 0.05) is 5.56 Å². The lowest BCUT2D eigenvalue weighted by Crippen LogP contribution is -2.52. The van der Waals surface area contributed by atoms with Gasteiger partial charge in [0.05, 0.1) is 17.8 Å². The third-order valence-corrected chi connectivity index (χ3v) is 3.91. The molecule has 3 rings (SSSR count). The highest BCUT2D eigenvalue weighted by molar-refractivity contribution is 6.03. The molecular weight excluding hydrogens is 313 g/mol. The van der Waals surface area contributed by atoms with Gasteiger partial charge in [0.2, 0.25) is 0 Å². The highest BCUT2D eigenvalue weighted by Crippen LogP contribution is 2.39. The molecule has 0 bridgehead atoms. The number of hydrogen-bond donors (Lipinski definition) is 1. The number of carbonyl (C=O) groups excluding carboxylic acids is 1. The van der Waals surface area contributed by atoms with Crippen LogP contribution in [-0.2, 0) is 11.3 Å². The molecule has 0 saturated heterocycles. The Morgan fingerprint density at radius 3 is 2.62 bits per heavy atom. The molecule has 1 amide bonds. The molecule has 2 aromatic carbocycles. The highest BCUT2D eigenvalue weighted by atomic mass is 19.1. The molecule has 1 heterocycles. The topological polar surface area (TPSA) is 66.8 Å². The van der Waals surface area contributed by atoms with Gasteiger partial charge in [0.1, 0.15) is 11.6 Å². The van der Waals surface area contributed by atoms with Crippen LogP contribution in [0.5, 0.6) is 5.75 Å². The summed E-state index contributed by atoms with van der Waals surface area (Å²) in [6, 6.07) is 10.5. The van der Waals surface area contributed by atoms with Crippen LogP contribution in [0.25, 0.3) is 0 Å². The molecule has 0 radical (unpaired) electrons. The van der Waals surface area contributed by atoms with Crippen LogP contribution in [0.1, 0.15) is 29.8 Å². The minimum atomic E-state index is -1.12. The van der Waals surface area contributed by atoms with Gasteiger partial charge in [-0.15, -0.1) is 0 Å². The molecule has 0 unspecified atom stereocenters. The number of carbonyl (C=O) groups is 2. The van der Waals surface area contributed by atoms with Gasteiger partial charge in [-0.05, 0) is 38.1 Å². The van der Waals surface area contributed by atoms with Gasteiger partial charge in [-0.25, -0.2) is 9.18 Å². The number of halogens is 1. The van der Waals surface area contributed by atoms with Crippen molar-refractivity contribution in [1.82, 2.24) is 0 Å². The van der Waals surface area contributed by atoms with Crippen LogP contribution in [0.4, 0.5) is 10.1 Å². The second-order valence-corrected chi connectivity index (χ2v) is 6.08. The van der Waals surface area contributed by atoms with Gasteiger partial charge < -0.3 is 14.7 Å². The molecule has 24 heavy (non-hydrogen) atoms. The second-order valence-electron chi connectivity index (χ2n) is 6.08. The Balaban J connectivity index is 2.10. The average molecular weight is 329 g/mol. The number of aromatic carboxylic acids is 1. The maximum atomic E-state index is 14.0. The van der Waals surface area contributed by atoms with Crippen molar-refractivity contribution in [3.8, 4) is 5.75 Å². The molecule has 0 aliphatic carbocycles. The molecule has 124 valence electrons. The van der Waals surface area contributed by atoms with Gasteiger partial charge >= 0.3 is 5.97 Å². The summed E-state index contributed by atoms with van der Waals surface area (Å²) in [5.74, 6) is -1.51. The number of nitrogens with zero attached hydrogens (tertiary/aromatic N) is 1. The van der Waals surface area contributed by atoms with Gasteiger partial charge in [-0.2, -0.15) is 0 Å². The van der Waals surface area contributed by atoms with Crippen LogP contribution in [0.2, 0.25) is 0 Å². The number of hydrogen-bond acceptors (Lipinski definition) is 3. The minimum Gasteiger partial charge on any atom is -0.478 e. The Kier molecular flexibility index (Phi) is 3.75. The number of carboxylic acids is 1. The van der Waals surface area contributed by atoms with Crippen molar-refractivity contribution in [2.75, 3.05) is 4.90 Å². The van der Waals surface area contributed by atoms with Crippen LogP contribution in [0.15, 0.2) is 42.5 Å². The molecule has 0 saturated carbocycles. The van der Waals surface area contributed by atoms with Crippen LogP contribution < -0.4 is 9.64 Å². The van der Waals surface area contributed by atoms with E-state index in [4.69, 9.17) is 4.74 Å². The molecule has 0 aromatic heterocycles. The predicted octanol–water partition coefficient (Wildman–Crippen LogP) is 3.23. The number of benzene rings is 2. The molecule has 0 fully saturated rings. The smallest absolute Gasteiger partial charge is 0.335 e. The van der Waals surface area contributed by atoms with E-state index in [9.17, 15) is 19.1 Å². The number of fused-ring (bicyclic) bond motifs is 1. The van der Waals surface area contributed by atoms with E-state index < -0.39 is 17.4 Å². The largest absolute Gasteiger partial charge is 0.478 e. The summed E-state index contributed by atoms with van der Waals surface area (Å²) in [5, 5.41) is 9.17. The third-order valence-electron chi connectivity index (χ3n) is 3.91. The molecular formula is C18H16FNO4. The Morgan fingerprint density at radius 1 is 1.25 bits per heavy atom. The molecule has 0 spiro atoms. The lowest BCUT2D eigenvalue weighted by molar-refractivity contribution is -0.132. The molecule has 1 aliphatic rings. The first-order valence-corrected chi connectivity index (χ1v) is 7.41. The van der Waals surface area contributed by atoms with E-state index in [1.807, 2.05) is 0 Å². The molecule has 2 aromatic rings. The Morgan fingerprint density at radius 2 is 1.96 bits per heavy atom. The lowest BCUT2D eigenvalue weighted by Gasteiger charge is -2.39. The first kappa shape index (κ1) is 16.0. The number of amides is 1. The SMILES string of the molecule is CC1(C)Oc2ccc(C(=O)O)cc2N(Cc2ccccc2F)C1=O. The summed E-state index contributed by atoms with van der Waals surface area (Å²) in [7, 11) is 0. The van der Waals surface area contributed by atoms with Crippen molar-refractivity contribution in [3.05, 3.63) is 59.4 Å². The zero-order valence-corrected chi connectivity index (χ0v) is 13.2. The first-order chi connectivity index (χ1) is 11.3. The van der Waals surface area contributed by atoms with E-state index in [-0.39, 0.29) is 18.0 Å². The fourth-order valence-corrected chi connectivity index (χ4v) is 2.65. The number of anilines is 1. The monoisotopic (exact) mass is 329 g/mol. The predicted molar refractivity (Wildman–Crippen MR) is 85.7 cm³/mol. The molecule has 0 atom stereocenters. The number of rotatable bonds is 3. The maximum absolute atomic E-state index is 14.0. The zero-order chi connectivity index (χ0) is 17.5. The van der Waals surface area contributed by atoms with E-state index in [2.05, 4.69) is 0 Å². The molecule has 1 aliphatic heterocycles. The summed E-state index contributed by atoms with van der Waals surface area (Å²) >= 11 is 0. The summed E-state index contributed by atoms with van der Waals surface area (Å²) in [5.41, 5.74) is -0.427. The second kappa shape index (κ2) is 5.63. The Labute approximate surface area is 138 Å². The molecule has 5 nitrogen and oxygen atoms in total. The summed E-state index contributed by atoms with van der Waals surface area (Å²) in [6.07, 6.45) is 0. The van der Waals surface area contributed by atoms with Crippen LogP contribution in [-0.4, -0.2) is 22.6 Å². The Bertz CT molecular complexity index is 832. The van der Waals surface area contributed by atoms with Crippen molar-refractivity contribution < 1.29 is 23.8 Å². The average Bonchev–Trinajstić information content (AvgIpc) is 2.52. The van der Waals surface area contributed by atoms with Crippen molar-refractivity contribution in [2.45, 2.75) is 26.0 Å². The number of carboxylic acid groups (broad SMARTS) is 1. The molecule has 1 N–H and O–H groups in total. The summed E-state index contributed by atoms with van der Waals surface area (Å²) in [6.45, 7) is 3.24. The highest BCUT2D eigenvalue weighted by Gasteiger charge is 2.41. The van der Waals surface area contributed by atoms with Gasteiger partial charge in [-0.3, -0.25) is 4.79 Å². The first-order valence-electron chi connectivity index (χ1n) is 7.41. The quantitative estimate of drug-likeness (QED) is 0.939. The summed E-state index contributed by atoms with van der Waals surface area (Å²) < 4.78 is 19.7. The van der Waals surface area contributed by atoms with Crippen molar-refractivity contribution in [3.63, 3.8) is 0 Å². The van der Waals surface area contributed by atoms with E-state index in [0.29, 0.717) is 17.0 Å². The van der Waals surface area contributed by atoms with Crippen molar-refractivity contribution >= 4 is 17.6 Å². The third kappa shape index (κ3) is 2.71. The van der Waals surface area contributed by atoms with E-state index in [1.54, 1.807) is 32.0 Å². The van der Waals surface area contributed by atoms with E-state index >= 15 is 0 Å². The van der Waals surface area contributed by atoms with Crippen LogP contribution >= 0.6 is 0 Å². The van der Waals surface area contributed by atoms with Crippen molar-refractivity contribution in [2.24, 2.45) is 0 Å². The Hall–Kier alpha value is -2.89. The number of ether oxygens (including phenoxy) is 1. The molecule has 6 heteroatoms. The van der Waals surface area contributed by atoms with Crippen LogP contribution in [0, 0.1) is 5.82 Å². The fraction of sp³-hybridized carbons (Fsp3) is 0.222. The zero-order valence-electron chi connectivity index (χ0n) is 13.2. The standard InChI is InChI=1S/C18H16FNO4/c1-18(2)17(23)20(10-12-5-3-4-6-13(12)19)14-9-11(16(21)22)7-8-15(14)24-18/h3-9H,10H2,1-2H3,(H,21,22). The van der Waals surface area contributed by atoms with Crippen LogP contribution in [0.3, 0.4) is 0 Å². The maximum Gasteiger partial charge on any atom is 0.335 e. The fourth-order valence-electron chi connectivity index (χ4n) is 2.65. The van der Waals surface area contributed by atoms with Gasteiger partial charge in [0.15, 0.2) is 5.60 Å². The summed E-state index contributed by atoms with van der Waals surface area (Å²) in [4.78, 5) is 25.3. The van der Waals surface area contributed by atoms with Gasteiger partial charge in [-0.1, -0.05) is 18.2 Å². The van der Waals surface area contributed by atoms with E-state index in [1.165, 1.54) is 29.2 Å².